The Hall–Kier alpha value is -3.15. The smallest absolute Gasteiger partial charge is 0.269 e. The van der Waals surface area contributed by atoms with Crippen molar-refractivity contribution in [1.29, 1.82) is 0 Å². The Labute approximate surface area is 145 Å². The van der Waals surface area contributed by atoms with Gasteiger partial charge in [0.05, 0.1) is 12.2 Å². The summed E-state index contributed by atoms with van der Waals surface area (Å²) >= 11 is 0. The highest BCUT2D eigenvalue weighted by atomic mass is 16.6. The molecule has 0 spiro atoms. The first-order chi connectivity index (χ1) is 12.2. The Morgan fingerprint density at radius 1 is 1.24 bits per heavy atom. The Kier molecular flexibility index (Phi) is 3.93. The molecule has 0 fully saturated rings. The second-order valence-corrected chi connectivity index (χ2v) is 6.13. The minimum Gasteiger partial charge on any atom is -0.387 e. The number of benzene rings is 1. The standard InChI is InChI=1S/C19H18N4O2/c1-13-7-8-18-21-15(12-23(18)11-13)10-20-19(24)16-9-17(25-22-16)14-5-3-2-4-6-14/h2-8,11-12,17H,9-10H2,1H3,(H,20,24). The number of oxime groups is 1. The molecule has 0 bridgehead atoms. The second kappa shape index (κ2) is 6.39. The van der Waals surface area contributed by atoms with Gasteiger partial charge < -0.3 is 14.6 Å². The van der Waals surface area contributed by atoms with Crippen molar-refractivity contribution in [3.63, 3.8) is 0 Å². The molecule has 4 rings (SSSR count). The predicted molar refractivity (Wildman–Crippen MR) is 94.1 cm³/mol. The van der Waals surface area contributed by atoms with E-state index in [4.69, 9.17) is 4.84 Å². The van der Waals surface area contributed by atoms with Crippen LogP contribution >= 0.6 is 0 Å². The number of rotatable bonds is 4. The van der Waals surface area contributed by atoms with E-state index >= 15 is 0 Å². The van der Waals surface area contributed by atoms with E-state index in [2.05, 4.69) is 15.5 Å². The van der Waals surface area contributed by atoms with Crippen LogP contribution in [0.2, 0.25) is 0 Å². The zero-order valence-corrected chi connectivity index (χ0v) is 13.8. The normalized spacial score (nSPS) is 16.5. The lowest BCUT2D eigenvalue weighted by Gasteiger charge is -2.07. The average molecular weight is 334 g/mol. The van der Waals surface area contributed by atoms with E-state index in [0.29, 0.717) is 18.7 Å². The van der Waals surface area contributed by atoms with Gasteiger partial charge in [-0.1, -0.05) is 41.6 Å². The van der Waals surface area contributed by atoms with Crippen LogP contribution in [-0.2, 0) is 16.2 Å². The molecule has 1 atom stereocenters. The van der Waals surface area contributed by atoms with Gasteiger partial charge in [-0.15, -0.1) is 0 Å². The summed E-state index contributed by atoms with van der Waals surface area (Å²) in [5.41, 5.74) is 4.25. The Balaban J connectivity index is 1.37. The first kappa shape index (κ1) is 15.4. The van der Waals surface area contributed by atoms with Crippen molar-refractivity contribution in [1.82, 2.24) is 14.7 Å². The molecule has 1 aromatic carbocycles. The summed E-state index contributed by atoms with van der Waals surface area (Å²) in [4.78, 5) is 22.2. The van der Waals surface area contributed by atoms with E-state index < -0.39 is 0 Å². The molecule has 0 saturated heterocycles. The van der Waals surface area contributed by atoms with Gasteiger partial charge in [-0.2, -0.15) is 0 Å². The van der Waals surface area contributed by atoms with Crippen molar-refractivity contribution in [3.8, 4) is 0 Å². The Morgan fingerprint density at radius 2 is 2.08 bits per heavy atom. The zero-order valence-electron chi connectivity index (χ0n) is 13.8. The van der Waals surface area contributed by atoms with Crippen LogP contribution < -0.4 is 5.32 Å². The third kappa shape index (κ3) is 3.24. The number of carbonyl (C=O) groups is 1. The molecular weight excluding hydrogens is 316 g/mol. The van der Waals surface area contributed by atoms with Crippen LogP contribution in [0.25, 0.3) is 5.65 Å². The summed E-state index contributed by atoms with van der Waals surface area (Å²) in [5, 5.41) is 6.80. The largest absolute Gasteiger partial charge is 0.387 e. The first-order valence-electron chi connectivity index (χ1n) is 8.19. The minimum absolute atomic E-state index is 0.194. The fourth-order valence-electron chi connectivity index (χ4n) is 2.87. The van der Waals surface area contributed by atoms with Gasteiger partial charge >= 0.3 is 0 Å². The lowest BCUT2D eigenvalue weighted by molar-refractivity contribution is -0.115. The van der Waals surface area contributed by atoms with Crippen molar-refractivity contribution >= 4 is 17.3 Å². The fraction of sp³-hybridized carbons (Fsp3) is 0.211. The molecular formula is C19H18N4O2. The SMILES string of the molecule is Cc1ccc2nc(CNC(=O)C3=NOC(c4ccccc4)C3)cn2c1. The molecule has 6 heteroatoms. The van der Waals surface area contributed by atoms with Crippen LogP contribution in [0.1, 0.15) is 29.3 Å². The van der Waals surface area contributed by atoms with E-state index in [1.807, 2.05) is 66.2 Å². The number of amides is 1. The minimum atomic E-state index is -0.216. The number of carbonyl (C=O) groups excluding carboxylic acids is 1. The molecule has 126 valence electrons. The topological polar surface area (TPSA) is 68.0 Å². The van der Waals surface area contributed by atoms with E-state index in [9.17, 15) is 4.79 Å². The summed E-state index contributed by atoms with van der Waals surface area (Å²) in [6.07, 6.45) is 4.20. The summed E-state index contributed by atoms with van der Waals surface area (Å²) in [7, 11) is 0. The molecule has 3 aromatic rings. The lowest BCUT2D eigenvalue weighted by Crippen LogP contribution is -2.30. The van der Waals surface area contributed by atoms with Crippen molar-refractivity contribution in [2.24, 2.45) is 5.16 Å². The number of imidazole rings is 1. The van der Waals surface area contributed by atoms with Gasteiger partial charge in [-0.25, -0.2) is 4.98 Å². The van der Waals surface area contributed by atoms with Crippen LogP contribution in [0.15, 0.2) is 60.0 Å². The summed E-state index contributed by atoms with van der Waals surface area (Å²) in [6, 6.07) is 13.8. The van der Waals surface area contributed by atoms with Gasteiger partial charge in [-0.05, 0) is 24.1 Å². The number of nitrogens with one attached hydrogen (secondary N) is 1. The first-order valence-corrected chi connectivity index (χ1v) is 8.19. The van der Waals surface area contributed by atoms with Crippen LogP contribution in [-0.4, -0.2) is 21.0 Å². The maximum atomic E-state index is 12.3. The number of hydrogen-bond donors (Lipinski definition) is 1. The molecule has 3 heterocycles. The maximum absolute atomic E-state index is 12.3. The van der Waals surface area contributed by atoms with Crippen LogP contribution in [0.3, 0.4) is 0 Å². The molecule has 2 aromatic heterocycles. The summed E-state index contributed by atoms with van der Waals surface area (Å²) < 4.78 is 1.96. The molecule has 1 N–H and O–H groups in total. The van der Waals surface area contributed by atoms with Gasteiger partial charge in [0.2, 0.25) is 0 Å². The van der Waals surface area contributed by atoms with Gasteiger partial charge in [0.1, 0.15) is 11.4 Å². The Morgan fingerprint density at radius 3 is 2.92 bits per heavy atom. The maximum Gasteiger partial charge on any atom is 0.269 e. The van der Waals surface area contributed by atoms with E-state index in [0.717, 1.165) is 22.5 Å². The fourth-order valence-corrected chi connectivity index (χ4v) is 2.87. The van der Waals surface area contributed by atoms with Gasteiger partial charge in [0.15, 0.2) is 6.10 Å². The zero-order chi connectivity index (χ0) is 17.2. The summed E-state index contributed by atoms with van der Waals surface area (Å²) in [6.45, 7) is 2.39. The molecule has 1 aliphatic rings. The van der Waals surface area contributed by atoms with Crippen LogP contribution in [0.4, 0.5) is 0 Å². The van der Waals surface area contributed by atoms with Crippen LogP contribution in [0.5, 0.6) is 0 Å². The second-order valence-electron chi connectivity index (χ2n) is 6.13. The third-order valence-electron chi connectivity index (χ3n) is 4.18. The highest BCUT2D eigenvalue weighted by Gasteiger charge is 2.27. The number of aromatic nitrogens is 2. The number of fused-ring (bicyclic) bond motifs is 1. The van der Waals surface area contributed by atoms with E-state index in [1.165, 1.54) is 0 Å². The van der Waals surface area contributed by atoms with Crippen molar-refractivity contribution < 1.29 is 9.63 Å². The van der Waals surface area contributed by atoms with Gasteiger partial charge in [0.25, 0.3) is 5.91 Å². The summed E-state index contributed by atoms with van der Waals surface area (Å²) in [5.74, 6) is -0.216. The van der Waals surface area contributed by atoms with Gasteiger partial charge in [-0.3, -0.25) is 4.79 Å². The van der Waals surface area contributed by atoms with Crippen molar-refractivity contribution in [3.05, 3.63) is 71.7 Å². The highest BCUT2D eigenvalue weighted by molar-refractivity contribution is 6.39. The van der Waals surface area contributed by atoms with Gasteiger partial charge in [0, 0.05) is 18.8 Å². The number of pyridine rings is 1. The van der Waals surface area contributed by atoms with Crippen molar-refractivity contribution in [2.45, 2.75) is 26.0 Å². The molecule has 25 heavy (non-hydrogen) atoms. The predicted octanol–water partition coefficient (Wildman–Crippen LogP) is 2.78. The quantitative estimate of drug-likeness (QED) is 0.798. The third-order valence-corrected chi connectivity index (χ3v) is 4.18. The molecule has 1 amide bonds. The number of hydrogen-bond acceptors (Lipinski definition) is 4. The average Bonchev–Trinajstić information content (AvgIpc) is 3.27. The number of aryl methyl sites for hydroxylation is 1. The molecule has 0 aliphatic carbocycles. The molecule has 0 saturated carbocycles. The molecule has 1 aliphatic heterocycles. The van der Waals surface area contributed by atoms with Crippen molar-refractivity contribution in [2.75, 3.05) is 0 Å². The molecule has 6 nitrogen and oxygen atoms in total. The van der Waals surface area contributed by atoms with E-state index in [-0.39, 0.29) is 12.0 Å². The molecule has 1 unspecified atom stereocenters. The monoisotopic (exact) mass is 334 g/mol. The Bertz CT molecular complexity index is 946. The molecule has 0 radical (unpaired) electrons. The highest BCUT2D eigenvalue weighted by Crippen LogP contribution is 2.26. The van der Waals surface area contributed by atoms with E-state index in [1.54, 1.807) is 0 Å². The van der Waals surface area contributed by atoms with Crippen LogP contribution in [0, 0.1) is 6.92 Å². The number of nitrogens with zero attached hydrogens (tertiary/aromatic N) is 3. The lowest BCUT2D eigenvalue weighted by atomic mass is 10.0.